The number of likely N-dealkylation sites (N-methyl/N-ethyl adjacent to an activating group) is 1. The molecule has 0 spiro atoms. The van der Waals surface area contributed by atoms with Gasteiger partial charge in [-0.25, -0.2) is 0 Å². The number of nitrogens with zero attached hydrogens (tertiary/aromatic N) is 2. The highest BCUT2D eigenvalue weighted by Gasteiger charge is 2.51. The summed E-state index contributed by atoms with van der Waals surface area (Å²) in [5, 5.41) is 1.81. The molecular formula is C23H39N2O6P. The first-order valence-electron chi connectivity index (χ1n) is 11.2. The van der Waals surface area contributed by atoms with Gasteiger partial charge in [0.15, 0.2) is 0 Å². The van der Waals surface area contributed by atoms with E-state index in [0.29, 0.717) is 11.4 Å². The second-order valence-corrected chi connectivity index (χ2v) is 11.2. The molecule has 0 saturated carbocycles. The second-order valence-electron chi connectivity index (χ2n) is 9.18. The quantitative estimate of drug-likeness (QED) is 0.434. The van der Waals surface area contributed by atoms with E-state index in [-0.39, 0.29) is 24.3 Å². The molecule has 1 aromatic carbocycles. The molecule has 2 rings (SSSR count). The van der Waals surface area contributed by atoms with Gasteiger partial charge < -0.3 is 18.7 Å². The number of rotatable bonds is 10. The van der Waals surface area contributed by atoms with Crippen LogP contribution >= 0.6 is 7.60 Å². The molecule has 1 heterocycles. The monoisotopic (exact) mass is 470 g/mol. The van der Waals surface area contributed by atoms with E-state index in [1.54, 1.807) is 39.1 Å². The molecular weight excluding hydrogens is 431 g/mol. The minimum absolute atomic E-state index is 0.121. The molecule has 1 aliphatic heterocycles. The SMILES string of the molecule is CCOP(=O)(OCC)C(ON1C(C)(C)CCCC1(C)C)C(=O)N(C)c1ccccc1OC. The molecule has 0 aromatic heterocycles. The second kappa shape index (κ2) is 10.7. The van der Waals surface area contributed by atoms with Gasteiger partial charge in [-0.2, -0.15) is 5.06 Å². The number of ether oxygens (including phenoxy) is 1. The summed E-state index contributed by atoms with van der Waals surface area (Å²) in [5.74, 6) is -1.48. The Morgan fingerprint density at radius 2 is 1.62 bits per heavy atom. The van der Waals surface area contributed by atoms with Crippen molar-refractivity contribution in [2.24, 2.45) is 0 Å². The number of amides is 1. The van der Waals surface area contributed by atoms with Gasteiger partial charge in [-0.15, -0.1) is 0 Å². The molecule has 9 heteroatoms. The van der Waals surface area contributed by atoms with Crippen molar-refractivity contribution < 1.29 is 28.0 Å². The van der Waals surface area contributed by atoms with Crippen LogP contribution in [-0.4, -0.2) is 55.3 Å². The van der Waals surface area contributed by atoms with Crippen LogP contribution in [0.1, 0.15) is 60.8 Å². The van der Waals surface area contributed by atoms with Gasteiger partial charge >= 0.3 is 7.60 Å². The van der Waals surface area contributed by atoms with Gasteiger partial charge in [0.2, 0.25) is 0 Å². The molecule has 0 N–H and O–H groups in total. The Morgan fingerprint density at radius 3 is 2.12 bits per heavy atom. The zero-order valence-corrected chi connectivity index (χ0v) is 21.6. The molecule has 1 fully saturated rings. The largest absolute Gasteiger partial charge is 0.495 e. The van der Waals surface area contributed by atoms with Crippen LogP contribution in [0.15, 0.2) is 24.3 Å². The fraction of sp³-hybridized carbons (Fsp3) is 0.696. The molecule has 1 atom stereocenters. The molecule has 0 radical (unpaired) electrons. The van der Waals surface area contributed by atoms with Crippen LogP contribution < -0.4 is 9.64 Å². The summed E-state index contributed by atoms with van der Waals surface area (Å²) in [6, 6.07) is 7.14. The van der Waals surface area contributed by atoms with E-state index >= 15 is 0 Å². The van der Waals surface area contributed by atoms with E-state index in [0.717, 1.165) is 19.3 Å². The van der Waals surface area contributed by atoms with E-state index in [4.69, 9.17) is 18.6 Å². The lowest BCUT2D eigenvalue weighted by Gasteiger charge is -2.52. The lowest BCUT2D eigenvalue weighted by atomic mass is 9.82. The predicted octanol–water partition coefficient (Wildman–Crippen LogP) is 5.22. The molecule has 1 amide bonds. The lowest BCUT2D eigenvalue weighted by Crippen LogP contribution is -2.60. The van der Waals surface area contributed by atoms with E-state index in [1.807, 2.05) is 11.1 Å². The van der Waals surface area contributed by atoms with Crippen LogP contribution in [0.5, 0.6) is 5.75 Å². The van der Waals surface area contributed by atoms with Crippen LogP contribution in [0, 0.1) is 0 Å². The summed E-state index contributed by atoms with van der Waals surface area (Å²) >= 11 is 0. The number of carbonyl (C=O) groups excluding carboxylic acids is 1. The van der Waals surface area contributed by atoms with Gasteiger partial charge in [0.25, 0.3) is 11.8 Å². The number of hydrogen-bond donors (Lipinski definition) is 0. The van der Waals surface area contributed by atoms with Crippen LogP contribution in [0.25, 0.3) is 0 Å². The third-order valence-electron chi connectivity index (χ3n) is 5.78. The summed E-state index contributed by atoms with van der Waals surface area (Å²) in [6.07, 6.45) is 2.80. The lowest BCUT2D eigenvalue weighted by molar-refractivity contribution is -0.287. The number of hydrogen-bond acceptors (Lipinski definition) is 7. The number of para-hydroxylation sites is 2. The normalized spacial score (nSPS) is 19.4. The molecule has 32 heavy (non-hydrogen) atoms. The Kier molecular flexibility index (Phi) is 8.93. The van der Waals surface area contributed by atoms with Gasteiger partial charge in [-0.05, 0) is 72.9 Å². The maximum atomic E-state index is 13.9. The van der Waals surface area contributed by atoms with E-state index < -0.39 is 19.3 Å². The number of benzene rings is 1. The maximum absolute atomic E-state index is 13.9. The Labute approximate surface area is 192 Å². The van der Waals surface area contributed by atoms with E-state index in [9.17, 15) is 9.36 Å². The fourth-order valence-electron chi connectivity index (χ4n) is 4.32. The van der Waals surface area contributed by atoms with Gasteiger partial charge in [0.05, 0.1) is 26.0 Å². The van der Waals surface area contributed by atoms with Crippen LogP contribution in [0.3, 0.4) is 0 Å². The van der Waals surface area contributed by atoms with Gasteiger partial charge in [-0.3, -0.25) is 14.2 Å². The van der Waals surface area contributed by atoms with Crippen LogP contribution in [0.4, 0.5) is 5.69 Å². The smallest absolute Gasteiger partial charge is 0.371 e. The van der Waals surface area contributed by atoms with E-state index in [2.05, 4.69) is 27.7 Å². The average molecular weight is 471 g/mol. The van der Waals surface area contributed by atoms with Crippen molar-refractivity contribution in [3.05, 3.63) is 24.3 Å². The Bertz CT molecular complexity index is 802. The molecule has 8 nitrogen and oxygen atoms in total. The summed E-state index contributed by atoms with van der Waals surface area (Å²) in [6.45, 7) is 11.9. The fourth-order valence-corrected chi connectivity index (χ4v) is 6.04. The molecule has 0 aliphatic carbocycles. The summed E-state index contributed by atoms with van der Waals surface area (Å²) < 4.78 is 30.4. The summed E-state index contributed by atoms with van der Waals surface area (Å²) in [5.41, 5.74) is -0.204. The minimum atomic E-state index is -3.96. The topological polar surface area (TPSA) is 77.5 Å². The number of methoxy groups -OCH3 is 1. The zero-order chi connectivity index (χ0) is 24.2. The Balaban J connectivity index is 2.53. The molecule has 1 aromatic rings. The highest BCUT2D eigenvalue weighted by Crippen LogP contribution is 2.56. The maximum Gasteiger partial charge on any atom is 0.371 e. The molecule has 1 aliphatic rings. The number of anilines is 1. The number of piperidine rings is 1. The predicted molar refractivity (Wildman–Crippen MR) is 126 cm³/mol. The first-order chi connectivity index (χ1) is 14.9. The molecule has 0 bridgehead atoms. The molecule has 1 unspecified atom stereocenters. The highest BCUT2D eigenvalue weighted by molar-refractivity contribution is 7.55. The van der Waals surface area contributed by atoms with Crippen molar-refractivity contribution in [1.29, 1.82) is 0 Å². The number of hydroxylamine groups is 2. The standard InChI is InChI=1S/C23H39N2O6P/c1-9-29-32(27,30-10-2)21(31-25-22(3,4)16-13-17-23(25,5)6)20(26)24(7)18-14-11-12-15-19(18)28-8/h11-12,14-15,21H,9-10,13,16-17H2,1-8H3. The van der Waals surface area contributed by atoms with Crippen LogP contribution in [0.2, 0.25) is 0 Å². The Hall–Kier alpha value is -1.44. The third kappa shape index (κ3) is 5.72. The van der Waals surface area contributed by atoms with Crippen molar-refractivity contribution in [3.63, 3.8) is 0 Å². The number of carbonyl (C=O) groups is 1. The highest BCUT2D eigenvalue weighted by atomic mass is 31.2. The molecule has 1 saturated heterocycles. The van der Waals surface area contributed by atoms with Crippen molar-refractivity contribution >= 4 is 19.2 Å². The first-order valence-corrected chi connectivity index (χ1v) is 12.8. The zero-order valence-electron chi connectivity index (χ0n) is 20.7. The summed E-state index contributed by atoms with van der Waals surface area (Å²) in [7, 11) is -0.819. The Morgan fingerprint density at radius 1 is 1.09 bits per heavy atom. The van der Waals surface area contributed by atoms with Gasteiger partial charge in [0, 0.05) is 18.1 Å². The van der Waals surface area contributed by atoms with E-state index in [1.165, 1.54) is 12.0 Å². The first kappa shape index (κ1) is 26.8. The van der Waals surface area contributed by atoms with Gasteiger partial charge in [-0.1, -0.05) is 12.1 Å². The van der Waals surface area contributed by atoms with Crippen molar-refractivity contribution in [1.82, 2.24) is 5.06 Å². The van der Waals surface area contributed by atoms with Gasteiger partial charge in [0.1, 0.15) is 5.75 Å². The average Bonchev–Trinajstić information content (AvgIpc) is 2.72. The van der Waals surface area contributed by atoms with Crippen molar-refractivity contribution in [2.45, 2.75) is 77.7 Å². The third-order valence-corrected chi connectivity index (χ3v) is 7.90. The van der Waals surface area contributed by atoms with Crippen molar-refractivity contribution in [3.8, 4) is 5.75 Å². The van der Waals surface area contributed by atoms with Crippen LogP contribution in [-0.2, 0) is 23.2 Å². The summed E-state index contributed by atoms with van der Waals surface area (Å²) in [4.78, 5) is 21.5. The molecule has 182 valence electrons. The minimum Gasteiger partial charge on any atom is -0.495 e. The van der Waals surface area contributed by atoms with Crippen molar-refractivity contribution in [2.75, 3.05) is 32.3 Å².